The number of nitrogens with two attached hydrogens (primary N) is 1. The monoisotopic (exact) mass is 255 g/mol. The minimum absolute atomic E-state index is 0.661. The zero-order chi connectivity index (χ0) is 10.1. The molecule has 0 radical (unpaired) electrons. The van der Waals surface area contributed by atoms with Crippen LogP contribution in [0.3, 0.4) is 0 Å². The van der Waals surface area contributed by atoms with E-state index in [2.05, 4.69) is 26.1 Å². The van der Waals surface area contributed by atoms with Crippen molar-refractivity contribution in [3.63, 3.8) is 0 Å². The van der Waals surface area contributed by atoms with Crippen LogP contribution in [0.4, 0.5) is 5.69 Å². The topological polar surface area (TPSA) is 61.7 Å². The van der Waals surface area contributed by atoms with Gasteiger partial charge in [0.1, 0.15) is 0 Å². The van der Waals surface area contributed by atoms with Crippen molar-refractivity contribution < 1.29 is 0 Å². The Labute approximate surface area is 89.6 Å². The summed E-state index contributed by atoms with van der Waals surface area (Å²) in [5.74, 6) is 0. The number of aromatic nitrogens is 4. The average Bonchev–Trinajstić information content (AvgIpc) is 2.67. The summed E-state index contributed by atoms with van der Waals surface area (Å²) in [6.45, 7) is 0.661. The van der Waals surface area contributed by atoms with E-state index in [4.69, 9.17) is 5.73 Å². The lowest BCUT2D eigenvalue weighted by Crippen LogP contribution is -2.06. The molecule has 74 valence electrons. The van der Waals surface area contributed by atoms with Gasteiger partial charge in [0.25, 0.3) is 0 Å². The minimum Gasteiger partial charge on any atom is -0.396 e. The van der Waals surface area contributed by atoms with Crippen molar-refractivity contribution in [2.24, 2.45) is 7.05 Å². The highest BCUT2D eigenvalue weighted by Crippen LogP contribution is 2.16. The number of rotatable bonds is 2. The summed E-state index contributed by atoms with van der Waals surface area (Å²) in [4.78, 5) is 0. The molecule has 2 rings (SSSR count). The number of halogens is 1. The Morgan fingerprint density at radius 1 is 1.43 bits per heavy atom. The first-order chi connectivity index (χ1) is 6.66. The first kappa shape index (κ1) is 9.26. The van der Waals surface area contributed by atoms with Gasteiger partial charge in [-0.2, -0.15) is 10.2 Å². The number of hydrogen-bond donors (Lipinski definition) is 1. The molecule has 0 aromatic carbocycles. The highest BCUT2D eigenvalue weighted by atomic mass is 79.9. The quantitative estimate of drug-likeness (QED) is 0.872. The number of anilines is 1. The van der Waals surface area contributed by atoms with Crippen LogP contribution >= 0.6 is 15.9 Å². The maximum Gasteiger partial charge on any atom is 0.0840 e. The van der Waals surface area contributed by atoms with E-state index in [0.29, 0.717) is 12.2 Å². The molecule has 0 bridgehead atoms. The third-order valence-corrected chi connectivity index (χ3v) is 2.64. The molecule has 0 amide bonds. The molecule has 0 spiro atoms. The Kier molecular flexibility index (Phi) is 2.28. The second-order valence-electron chi connectivity index (χ2n) is 3.03. The molecule has 0 aliphatic carbocycles. The highest BCUT2D eigenvalue weighted by Gasteiger charge is 2.06. The lowest BCUT2D eigenvalue weighted by molar-refractivity contribution is 0.618. The molecule has 2 heterocycles. The second-order valence-corrected chi connectivity index (χ2v) is 3.89. The number of hydrogen-bond acceptors (Lipinski definition) is 3. The number of nitrogens with zero attached hydrogens (tertiary/aromatic N) is 4. The predicted octanol–water partition coefficient (Wildman–Crippen LogP) is 1.01. The molecule has 14 heavy (non-hydrogen) atoms. The van der Waals surface area contributed by atoms with Gasteiger partial charge in [0.2, 0.25) is 0 Å². The van der Waals surface area contributed by atoms with Crippen molar-refractivity contribution in [1.82, 2.24) is 19.6 Å². The third kappa shape index (κ3) is 1.65. The molecule has 2 aromatic rings. The summed E-state index contributed by atoms with van der Waals surface area (Å²) in [6, 6.07) is 0. The Morgan fingerprint density at radius 3 is 2.71 bits per heavy atom. The fourth-order valence-corrected chi connectivity index (χ4v) is 1.71. The molecule has 0 saturated carbocycles. The second kappa shape index (κ2) is 3.45. The van der Waals surface area contributed by atoms with Crippen LogP contribution in [-0.4, -0.2) is 19.6 Å². The summed E-state index contributed by atoms with van der Waals surface area (Å²) in [6.07, 6.45) is 5.19. The first-order valence-corrected chi connectivity index (χ1v) is 4.90. The van der Waals surface area contributed by atoms with E-state index in [1.807, 2.05) is 11.7 Å². The van der Waals surface area contributed by atoms with Gasteiger partial charge in [0.15, 0.2) is 0 Å². The summed E-state index contributed by atoms with van der Waals surface area (Å²) in [5, 5.41) is 8.22. The van der Waals surface area contributed by atoms with Gasteiger partial charge in [-0.05, 0) is 15.9 Å². The molecule has 2 aromatic heterocycles. The molecule has 2 N–H and O–H groups in total. The van der Waals surface area contributed by atoms with E-state index in [1.165, 1.54) is 0 Å². The van der Waals surface area contributed by atoms with Crippen molar-refractivity contribution in [3.8, 4) is 0 Å². The Balaban J connectivity index is 2.26. The Bertz CT molecular complexity index is 425. The maximum atomic E-state index is 5.57. The summed E-state index contributed by atoms with van der Waals surface area (Å²) >= 11 is 3.43. The lowest BCUT2D eigenvalue weighted by atomic mass is 10.4. The third-order valence-electron chi connectivity index (χ3n) is 1.98. The Morgan fingerprint density at radius 2 is 2.21 bits per heavy atom. The molecule has 0 saturated heterocycles. The van der Waals surface area contributed by atoms with E-state index in [0.717, 1.165) is 10.2 Å². The zero-order valence-electron chi connectivity index (χ0n) is 7.68. The summed E-state index contributed by atoms with van der Waals surface area (Å²) < 4.78 is 4.56. The van der Waals surface area contributed by atoms with Gasteiger partial charge in [0.05, 0.1) is 34.8 Å². The largest absolute Gasteiger partial charge is 0.396 e. The van der Waals surface area contributed by atoms with Gasteiger partial charge in [0, 0.05) is 13.2 Å². The predicted molar refractivity (Wildman–Crippen MR) is 56.6 cm³/mol. The zero-order valence-corrected chi connectivity index (χ0v) is 9.27. The molecular formula is C8H10BrN5. The smallest absolute Gasteiger partial charge is 0.0840 e. The lowest BCUT2D eigenvalue weighted by Gasteiger charge is -2.02. The fraction of sp³-hybridized carbons (Fsp3) is 0.250. The van der Waals surface area contributed by atoms with E-state index in [1.54, 1.807) is 23.3 Å². The molecule has 0 unspecified atom stereocenters. The molecule has 6 heteroatoms. The first-order valence-electron chi connectivity index (χ1n) is 4.11. The van der Waals surface area contributed by atoms with Crippen LogP contribution in [0.2, 0.25) is 0 Å². The van der Waals surface area contributed by atoms with E-state index < -0.39 is 0 Å². The van der Waals surface area contributed by atoms with Crippen LogP contribution in [0.5, 0.6) is 0 Å². The summed E-state index contributed by atoms with van der Waals surface area (Å²) in [7, 11) is 1.90. The molecule has 0 fully saturated rings. The van der Waals surface area contributed by atoms with Crippen molar-refractivity contribution in [2.45, 2.75) is 6.54 Å². The highest BCUT2D eigenvalue weighted by molar-refractivity contribution is 9.10. The van der Waals surface area contributed by atoms with Crippen LogP contribution < -0.4 is 5.73 Å². The maximum absolute atomic E-state index is 5.57. The standard InChI is InChI=1S/C8H10BrN5/c1-13-8(7(9)3-11-13)5-14-4-6(10)2-12-14/h2-4H,5,10H2,1H3. The number of aryl methyl sites for hydroxylation is 1. The van der Waals surface area contributed by atoms with Crippen LogP contribution in [0.25, 0.3) is 0 Å². The summed E-state index contributed by atoms with van der Waals surface area (Å²) in [5.41, 5.74) is 7.30. The minimum atomic E-state index is 0.661. The van der Waals surface area contributed by atoms with Gasteiger partial charge in [-0.3, -0.25) is 9.36 Å². The van der Waals surface area contributed by atoms with E-state index >= 15 is 0 Å². The average molecular weight is 256 g/mol. The number of nitrogen functional groups attached to an aromatic ring is 1. The molecule has 0 aliphatic heterocycles. The van der Waals surface area contributed by atoms with E-state index in [9.17, 15) is 0 Å². The van der Waals surface area contributed by atoms with Gasteiger partial charge in [-0.1, -0.05) is 0 Å². The SMILES string of the molecule is Cn1ncc(Br)c1Cn1cc(N)cn1. The molecule has 0 aliphatic rings. The fourth-order valence-electron chi connectivity index (χ4n) is 1.23. The van der Waals surface area contributed by atoms with E-state index in [-0.39, 0.29) is 0 Å². The van der Waals surface area contributed by atoms with Crippen molar-refractivity contribution in [1.29, 1.82) is 0 Å². The van der Waals surface area contributed by atoms with Crippen molar-refractivity contribution in [2.75, 3.05) is 5.73 Å². The molecule has 5 nitrogen and oxygen atoms in total. The normalized spacial score (nSPS) is 10.7. The van der Waals surface area contributed by atoms with Crippen LogP contribution in [0.1, 0.15) is 5.69 Å². The van der Waals surface area contributed by atoms with Gasteiger partial charge in [-0.25, -0.2) is 0 Å². The molecule has 0 atom stereocenters. The van der Waals surface area contributed by atoms with Gasteiger partial charge >= 0.3 is 0 Å². The van der Waals surface area contributed by atoms with Gasteiger partial charge < -0.3 is 5.73 Å². The van der Waals surface area contributed by atoms with Crippen LogP contribution in [0.15, 0.2) is 23.1 Å². The van der Waals surface area contributed by atoms with Gasteiger partial charge in [-0.15, -0.1) is 0 Å². The Hall–Kier alpha value is -1.30. The van der Waals surface area contributed by atoms with Crippen molar-refractivity contribution >= 4 is 21.6 Å². The molecular weight excluding hydrogens is 246 g/mol. The van der Waals surface area contributed by atoms with Crippen LogP contribution in [-0.2, 0) is 13.6 Å². The van der Waals surface area contributed by atoms with Crippen molar-refractivity contribution in [3.05, 3.63) is 28.8 Å². The van der Waals surface area contributed by atoms with Crippen LogP contribution in [0, 0.1) is 0 Å².